The lowest BCUT2D eigenvalue weighted by Gasteiger charge is -2.33. The van der Waals surface area contributed by atoms with Gasteiger partial charge in [0.25, 0.3) is 0 Å². The minimum absolute atomic E-state index is 0.00174. The number of rotatable bonds is 3. The summed E-state index contributed by atoms with van der Waals surface area (Å²) in [5.41, 5.74) is -0.0568. The summed E-state index contributed by atoms with van der Waals surface area (Å²) < 4.78 is 7.76. The molecule has 0 bridgehead atoms. The van der Waals surface area contributed by atoms with Crippen LogP contribution in [-0.2, 0) is 4.74 Å². The molecule has 1 aromatic rings. The number of carbonyl (C=O) groups excluding carboxylic acids is 1. The third-order valence-electron chi connectivity index (χ3n) is 4.53. The van der Waals surface area contributed by atoms with Crippen molar-refractivity contribution < 1.29 is 9.53 Å². The SMILES string of the molecule is CC1(C)CC[C@@H](CNC(=O)N2CCC[C@@H](n3cncn3)C2)O1. The fraction of sp³-hybridized carbons (Fsp3) is 0.800. The fourth-order valence-corrected chi connectivity index (χ4v) is 3.30. The highest BCUT2D eigenvalue weighted by molar-refractivity contribution is 5.74. The summed E-state index contributed by atoms with van der Waals surface area (Å²) in [6.45, 7) is 6.28. The van der Waals surface area contributed by atoms with Gasteiger partial charge in [-0.1, -0.05) is 0 Å². The van der Waals surface area contributed by atoms with Crippen LogP contribution in [0.2, 0.25) is 0 Å². The van der Waals surface area contributed by atoms with Gasteiger partial charge in [0, 0.05) is 19.6 Å². The molecule has 22 heavy (non-hydrogen) atoms. The first kappa shape index (κ1) is 15.3. The van der Waals surface area contributed by atoms with Crippen LogP contribution >= 0.6 is 0 Å². The Morgan fingerprint density at radius 2 is 2.32 bits per heavy atom. The Labute approximate surface area is 131 Å². The van der Waals surface area contributed by atoms with E-state index in [1.165, 1.54) is 6.33 Å². The molecule has 0 radical (unpaired) electrons. The number of hydrogen-bond acceptors (Lipinski definition) is 4. The second kappa shape index (κ2) is 6.24. The molecule has 122 valence electrons. The monoisotopic (exact) mass is 307 g/mol. The van der Waals surface area contributed by atoms with E-state index in [1.807, 2.05) is 9.58 Å². The Morgan fingerprint density at radius 3 is 3.00 bits per heavy atom. The van der Waals surface area contributed by atoms with Crippen LogP contribution in [0.5, 0.6) is 0 Å². The first-order chi connectivity index (χ1) is 10.5. The number of aromatic nitrogens is 3. The third kappa shape index (κ3) is 3.58. The molecule has 2 aliphatic heterocycles. The van der Waals surface area contributed by atoms with Crippen LogP contribution in [0.15, 0.2) is 12.7 Å². The van der Waals surface area contributed by atoms with Gasteiger partial charge in [-0.2, -0.15) is 5.10 Å². The van der Waals surface area contributed by atoms with Crippen LogP contribution in [-0.4, -0.2) is 57.0 Å². The Balaban J connectivity index is 1.48. The molecule has 0 unspecified atom stereocenters. The van der Waals surface area contributed by atoms with Crippen LogP contribution in [0.1, 0.15) is 45.6 Å². The molecule has 2 amide bonds. The second-order valence-electron chi connectivity index (χ2n) is 6.84. The van der Waals surface area contributed by atoms with Gasteiger partial charge < -0.3 is 15.0 Å². The molecule has 1 aromatic heterocycles. The smallest absolute Gasteiger partial charge is 0.317 e. The number of piperidine rings is 1. The van der Waals surface area contributed by atoms with Crippen molar-refractivity contribution in [2.75, 3.05) is 19.6 Å². The van der Waals surface area contributed by atoms with Gasteiger partial charge in [-0.25, -0.2) is 14.5 Å². The molecule has 0 spiro atoms. The number of nitrogens with zero attached hydrogens (tertiary/aromatic N) is 4. The number of urea groups is 1. The van der Waals surface area contributed by atoms with Gasteiger partial charge in [-0.3, -0.25) is 0 Å². The van der Waals surface area contributed by atoms with Gasteiger partial charge in [0.1, 0.15) is 12.7 Å². The van der Waals surface area contributed by atoms with E-state index in [1.54, 1.807) is 6.33 Å². The van der Waals surface area contributed by atoms with Crippen molar-refractivity contribution in [2.24, 2.45) is 0 Å². The maximum atomic E-state index is 12.3. The van der Waals surface area contributed by atoms with Crippen LogP contribution in [0.25, 0.3) is 0 Å². The molecule has 1 N–H and O–H groups in total. The summed E-state index contributed by atoms with van der Waals surface area (Å²) in [6, 6.07) is 0.224. The van der Waals surface area contributed by atoms with Crippen molar-refractivity contribution in [1.82, 2.24) is 25.0 Å². The molecule has 0 aliphatic carbocycles. The largest absolute Gasteiger partial charge is 0.371 e. The van der Waals surface area contributed by atoms with Crippen LogP contribution in [0, 0.1) is 0 Å². The average molecular weight is 307 g/mol. The van der Waals surface area contributed by atoms with E-state index in [-0.39, 0.29) is 23.8 Å². The molecule has 0 saturated carbocycles. The Kier molecular flexibility index (Phi) is 4.33. The van der Waals surface area contributed by atoms with Crippen molar-refractivity contribution in [3.63, 3.8) is 0 Å². The van der Waals surface area contributed by atoms with Crippen molar-refractivity contribution in [3.8, 4) is 0 Å². The molecule has 2 fully saturated rings. The number of nitrogens with one attached hydrogen (secondary N) is 1. The number of hydrogen-bond donors (Lipinski definition) is 1. The molecule has 2 aliphatic rings. The van der Waals surface area contributed by atoms with Gasteiger partial charge in [0.05, 0.1) is 17.7 Å². The third-order valence-corrected chi connectivity index (χ3v) is 4.53. The van der Waals surface area contributed by atoms with Crippen molar-refractivity contribution >= 4 is 6.03 Å². The first-order valence-corrected chi connectivity index (χ1v) is 8.08. The molecule has 7 heteroatoms. The molecule has 3 heterocycles. The van der Waals surface area contributed by atoms with E-state index in [0.29, 0.717) is 13.1 Å². The maximum Gasteiger partial charge on any atom is 0.317 e. The van der Waals surface area contributed by atoms with Gasteiger partial charge in [-0.15, -0.1) is 0 Å². The number of carbonyl (C=O) groups is 1. The summed E-state index contributed by atoms with van der Waals surface area (Å²) in [5, 5.41) is 7.20. The molecular weight excluding hydrogens is 282 g/mol. The van der Waals surface area contributed by atoms with Crippen molar-refractivity contribution in [2.45, 2.75) is 57.3 Å². The summed E-state index contributed by atoms with van der Waals surface area (Å²) >= 11 is 0. The van der Waals surface area contributed by atoms with Gasteiger partial charge >= 0.3 is 6.03 Å². The Morgan fingerprint density at radius 1 is 1.45 bits per heavy atom. The summed E-state index contributed by atoms with van der Waals surface area (Å²) in [6.07, 6.45) is 7.48. The Hall–Kier alpha value is -1.63. The van der Waals surface area contributed by atoms with Gasteiger partial charge in [0.15, 0.2) is 0 Å². The van der Waals surface area contributed by atoms with Crippen molar-refractivity contribution in [1.29, 1.82) is 0 Å². The highest BCUT2D eigenvalue weighted by Gasteiger charge is 2.32. The second-order valence-corrected chi connectivity index (χ2v) is 6.84. The molecular formula is C15H25N5O2. The average Bonchev–Trinajstić information content (AvgIpc) is 3.14. The number of likely N-dealkylation sites (tertiary alicyclic amines) is 1. The predicted molar refractivity (Wildman–Crippen MR) is 81.5 cm³/mol. The normalized spacial score (nSPS) is 27.8. The van der Waals surface area contributed by atoms with Crippen LogP contribution in [0.4, 0.5) is 4.79 Å². The Bertz CT molecular complexity index is 502. The zero-order chi connectivity index (χ0) is 15.6. The van der Waals surface area contributed by atoms with E-state index in [0.717, 1.165) is 32.2 Å². The lowest BCUT2D eigenvalue weighted by atomic mass is 10.1. The lowest BCUT2D eigenvalue weighted by molar-refractivity contribution is -0.0136. The van der Waals surface area contributed by atoms with Gasteiger partial charge in [0.2, 0.25) is 0 Å². The minimum atomic E-state index is -0.0568. The lowest BCUT2D eigenvalue weighted by Crippen LogP contribution is -2.47. The fourth-order valence-electron chi connectivity index (χ4n) is 3.30. The molecule has 2 atom stereocenters. The van der Waals surface area contributed by atoms with E-state index in [2.05, 4.69) is 29.2 Å². The zero-order valence-electron chi connectivity index (χ0n) is 13.4. The van der Waals surface area contributed by atoms with Crippen LogP contribution in [0.3, 0.4) is 0 Å². The highest BCUT2D eigenvalue weighted by Crippen LogP contribution is 2.29. The van der Waals surface area contributed by atoms with Crippen molar-refractivity contribution in [3.05, 3.63) is 12.7 Å². The predicted octanol–water partition coefficient (Wildman–Crippen LogP) is 1.58. The van der Waals surface area contributed by atoms with Crippen LogP contribution < -0.4 is 5.32 Å². The topological polar surface area (TPSA) is 72.3 Å². The first-order valence-electron chi connectivity index (χ1n) is 8.08. The van der Waals surface area contributed by atoms with Gasteiger partial charge in [-0.05, 0) is 39.5 Å². The molecule has 3 rings (SSSR count). The molecule has 7 nitrogen and oxygen atoms in total. The number of amides is 2. The minimum Gasteiger partial charge on any atom is -0.371 e. The standard InChI is InChI=1S/C15H25N5O2/c1-15(2)6-5-13(22-15)8-17-14(21)19-7-3-4-12(9-19)20-11-16-10-18-20/h10-13H,3-9H2,1-2H3,(H,17,21)/t12-,13+/m1/s1. The van der Waals surface area contributed by atoms with E-state index in [9.17, 15) is 4.79 Å². The molecule has 0 aromatic carbocycles. The summed E-state index contributed by atoms with van der Waals surface area (Å²) in [5.74, 6) is 0. The summed E-state index contributed by atoms with van der Waals surface area (Å²) in [7, 11) is 0. The maximum absolute atomic E-state index is 12.3. The van der Waals surface area contributed by atoms with E-state index in [4.69, 9.17) is 4.74 Å². The number of ether oxygens (including phenoxy) is 1. The molecule has 2 saturated heterocycles. The quantitative estimate of drug-likeness (QED) is 0.920. The summed E-state index contributed by atoms with van der Waals surface area (Å²) in [4.78, 5) is 18.2. The zero-order valence-corrected chi connectivity index (χ0v) is 13.4. The van der Waals surface area contributed by atoms with E-state index < -0.39 is 0 Å². The van der Waals surface area contributed by atoms with E-state index >= 15 is 0 Å². The highest BCUT2D eigenvalue weighted by atomic mass is 16.5.